The number of aromatic amines is 1. The zero-order valence-electron chi connectivity index (χ0n) is 15.1. The SMILES string of the molecule is Cc1ccc(-n2c(O)c(C=Nc3ccc(C(=O)O)cc3)c(=O)[nH]c2=O)c(C)c1. The third-order valence-corrected chi connectivity index (χ3v) is 4.17. The van der Waals surface area contributed by atoms with Crippen LogP contribution >= 0.6 is 0 Å². The fourth-order valence-electron chi connectivity index (χ4n) is 2.76. The van der Waals surface area contributed by atoms with Gasteiger partial charge in [0.1, 0.15) is 5.56 Å². The lowest BCUT2D eigenvalue weighted by atomic mass is 10.1. The van der Waals surface area contributed by atoms with Crippen molar-refractivity contribution in [1.82, 2.24) is 9.55 Å². The minimum Gasteiger partial charge on any atom is -0.493 e. The van der Waals surface area contributed by atoms with E-state index in [1.165, 1.54) is 24.3 Å². The van der Waals surface area contributed by atoms with Gasteiger partial charge in [0.25, 0.3) is 5.56 Å². The number of nitrogens with zero attached hydrogens (tertiary/aromatic N) is 2. The summed E-state index contributed by atoms with van der Waals surface area (Å²) in [5.74, 6) is -1.60. The summed E-state index contributed by atoms with van der Waals surface area (Å²) in [6.45, 7) is 3.69. The first-order chi connectivity index (χ1) is 13.3. The van der Waals surface area contributed by atoms with Gasteiger partial charge < -0.3 is 10.2 Å². The summed E-state index contributed by atoms with van der Waals surface area (Å²) in [6.07, 6.45) is 1.13. The van der Waals surface area contributed by atoms with Crippen LogP contribution in [0.3, 0.4) is 0 Å². The molecule has 0 saturated carbocycles. The molecule has 0 aliphatic heterocycles. The largest absolute Gasteiger partial charge is 0.493 e. The molecule has 0 unspecified atom stereocenters. The first-order valence-corrected chi connectivity index (χ1v) is 8.31. The van der Waals surface area contributed by atoms with Gasteiger partial charge in [-0.1, -0.05) is 17.7 Å². The van der Waals surface area contributed by atoms with Crippen molar-refractivity contribution < 1.29 is 15.0 Å². The van der Waals surface area contributed by atoms with E-state index in [-0.39, 0.29) is 11.1 Å². The molecule has 0 spiro atoms. The van der Waals surface area contributed by atoms with Crippen LogP contribution in [0.25, 0.3) is 5.69 Å². The number of H-pyrrole nitrogens is 1. The molecule has 0 radical (unpaired) electrons. The van der Waals surface area contributed by atoms with E-state index in [1.807, 2.05) is 13.0 Å². The number of aromatic nitrogens is 2. The molecule has 8 heteroatoms. The standard InChI is InChI=1S/C20H17N3O5/c1-11-3-8-16(12(2)9-11)23-18(25)15(17(24)22-20(23)28)10-21-14-6-4-13(5-7-14)19(26)27/h3-10,25H,1-2H3,(H,26,27)(H,22,24,28). The van der Waals surface area contributed by atoms with Crippen LogP contribution in [0, 0.1) is 13.8 Å². The maximum absolute atomic E-state index is 12.3. The molecule has 2 aromatic carbocycles. The van der Waals surface area contributed by atoms with Gasteiger partial charge in [0.2, 0.25) is 5.88 Å². The normalized spacial score (nSPS) is 11.1. The molecule has 3 N–H and O–H groups in total. The number of hydrogen-bond acceptors (Lipinski definition) is 5. The van der Waals surface area contributed by atoms with E-state index in [4.69, 9.17) is 5.11 Å². The van der Waals surface area contributed by atoms with Gasteiger partial charge in [-0.25, -0.2) is 14.2 Å². The lowest BCUT2D eigenvalue weighted by molar-refractivity contribution is 0.0697. The van der Waals surface area contributed by atoms with E-state index in [0.29, 0.717) is 11.4 Å². The highest BCUT2D eigenvalue weighted by molar-refractivity contribution is 5.88. The Kier molecular flexibility index (Phi) is 4.95. The van der Waals surface area contributed by atoms with Crippen LogP contribution < -0.4 is 11.2 Å². The van der Waals surface area contributed by atoms with E-state index in [9.17, 15) is 19.5 Å². The summed E-state index contributed by atoms with van der Waals surface area (Å²) < 4.78 is 1.01. The second-order valence-corrected chi connectivity index (χ2v) is 6.23. The first kappa shape index (κ1) is 18.8. The monoisotopic (exact) mass is 379 g/mol. The molecule has 0 amide bonds. The van der Waals surface area contributed by atoms with Crippen LogP contribution in [0.2, 0.25) is 0 Å². The molecular formula is C20H17N3O5. The lowest BCUT2D eigenvalue weighted by Crippen LogP contribution is -2.31. The third-order valence-electron chi connectivity index (χ3n) is 4.17. The highest BCUT2D eigenvalue weighted by Gasteiger charge is 2.15. The van der Waals surface area contributed by atoms with Gasteiger partial charge >= 0.3 is 11.7 Å². The number of nitrogens with one attached hydrogen (secondary N) is 1. The summed E-state index contributed by atoms with van der Waals surface area (Å²) in [5.41, 5.74) is 0.913. The number of aromatic carboxylic acids is 1. The molecule has 28 heavy (non-hydrogen) atoms. The average Bonchev–Trinajstić information content (AvgIpc) is 2.63. The van der Waals surface area contributed by atoms with Crippen molar-refractivity contribution in [1.29, 1.82) is 0 Å². The number of hydrogen-bond donors (Lipinski definition) is 3. The molecule has 3 rings (SSSR count). The van der Waals surface area contributed by atoms with Crippen molar-refractivity contribution in [2.75, 3.05) is 0 Å². The van der Waals surface area contributed by atoms with Gasteiger partial charge in [0.15, 0.2) is 0 Å². The summed E-state index contributed by atoms with van der Waals surface area (Å²) in [6, 6.07) is 11.0. The molecule has 0 saturated heterocycles. The number of benzene rings is 2. The number of carbonyl (C=O) groups is 1. The van der Waals surface area contributed by atoms with Gasteiger partial charge in [-0.15, -0.1) is 0 Å². The highest BCUT2D eigenvalue weighted by Crippen LogP contribution is 2.20. The molecule has 0 bridgehead atoms. The van der Waals surface area contributed by atoms with Gasteiger partial charge in [-0.3, -0.25) is 14.8 Å². The summed E-state index contributed by atoms with van der Waals surface area (Å²) in [5, 5.41) is 19.5. The summed E-state index contributed by atoms with van der Waals surface area (Å²) in [7, 11) is 0. The van der Waals surface area contributed by atoms with Crippen molar-refractivity contribution in [2.45, 2.75) is 13.8 Å². The molecule has 0 aliphatic carbocycles. The number of carboxylic acids is 1. The van der Waals surface area contributed by atoms with Crippen LogP contribution in [-0.4, -0.2) is 31.9 Å². The predicted molar refractivity (Wildman–Crippen MR) is 104 cm³/mol. The third kappa shape index (κ3) is 3.61. The Bertz CT molecular complexity index is 1200. The van der Waals surface area contributed by atoms with Crippen molar-refractivity contribution in [3.63, 3.8) is 0 Å². The molecule has 142 valence electrons. The first-order valence-electron chi connectivity index (χ1n) is 8.31. The van der Waals surface area contributed by atoms with Crippen LogP contribution in [0.1, 0.15) is 27.0 Å². The molecule has 0 fully saturated rings. The maximum atomic E-state index is 12.3. The number of carboxylic acid groups (broad SMARTS) is 1. The Morgan fingerprint density at radius 3 is 2.39 bits per heavy atom. The van der Waals surface area contributed by atoms with E-state index in [1.54, 1.807) is 19.1 Å². The van der Waals surface area contributed by atoms with Crippen LogP contribution in [0.15, 0.2) is 57.0 Å². The second-order valence-electron chi connectivity index (χ2n) is 6.23. The van der Waals surface area contributed by atoms with Gasteiger partial charge in [0, 0.05) is 6.21 Å². The highest BCUT2D eigenvalue weighted by atomic mass is 16.4. The summed E-state index contributed by atoms with van der Waals surface area (Å²) in [4.78, 5) is 41.6. The number of aliphatic imine (C=N–C) groups is 1. The Morgan fingerprint density at radius 1 is 1.11 bits per heavy atom. The Balaban J connectivity index is 2.08. The Hall–Kier alpha value is -3.94. The second kappa shape index (κ2) is 7.36. The fourth-order valence-corrected chi connectivity index (χ4v) is 2.76. The van der Waals surface area contributed by atoms with Crippen molar-refractivity contribution in [2.24, 2.45) is 4.99 Å². The quantitative estimate of drug-likeness (QED) is 0.600. The van der Waals surface area contributed by atoms with Crippen molar-refractivity contribution >= 4 is 17.9 Å². The minimum atomic E-state index is -1.06. The maximum Gasteiger partial charge on any atom is 0.335 e. The van der Waals surface area contributed by atoms with Gasteiger partial charge in [-0.05, 0) is 49.7 Å². The van der Waals surface area contributed by atoms with Crippen LogP contribution in [0.4, 0.5) is 5.69 Å². The molecule has 0 atom stereocenters. The number of rotatable bonds is 4. The Labute approximate surface area is 159 Å². The van der Waals surface area contributed by atoms with E-state index >= 15 is 0 Å². The zero-order valence-corrected chi connectivity index (χ0v) is 15.1. The Morgan fingerprint density at radius 2 is 1.79 bits per heavy atom. The molecule has 0 aliphatic rings. The lowest BCUT2D eigenvalue weighted by Gasteiger charge is -2.12. The van der Waals surface area contributed by atoms with E-state index in [0.717, 1.165) is 21.9 Å². The van der Waals surface area contributed by atoms with E-state index in [2.05, 4.69) is 9.98 Å². The van der Waals surface area contributed by atoms with Crippen molar-refractivity contribution in [3.8, 4) is 11.6 Å². The minimum absolute atomic E-state index is 0.100. The summed E-state index contributed by atoms with van der Waals surface area (Å²) >= 11 is 0. The van der Waals surface area contributed by atoms with Gasteiger partial charge in [0.05, 0.1) is 16.9 Å². The average molecular weight is 379 g/mol. The fraction of sp³-hybridized carbons (Fsp3) is 0.100. The molecule has 3 aromatic rings. The van der Waals surface area contributed by atoms with Crippen LogP contribution in [0.5, 0.6) is 5.88 Å². The number of aryl methyl sites for hydroxylation is 2. The molecule has 8 nitrogen and oxygen atoms in total. The zero-order chi connectivity index (χ0) is 20.4. The molecule has 1 aromatic heterocycles. The smallest absolute Gasteiger partial charge is 0.335 e. The van der Waals surface area contributed by atoms with Crippen LogP contribution in [-0.2, 0) is 0 Å². The van der Waals surface area contributed by atoms with E-state index < -0.39 is 23.1 Å². The predicted octanol–water partition coefficient (Wildman–Crippen LogP) is 2.30. The van der Waals surface area contributed by atoms with Gasteiger partial charge in [-0.2, -0.15) is 0 Å². The number of aromatic hydroxyl groups is 1. The molecular weight excluding hydrogens is 362 g/mol. The molecule has 1 heterocycles. The van der Waals surface area contributed by atoms with Crippen molar-refractivity contribution in [3.05, 3.63) is 85.6 Å². The topological polar surface area (TPSA) is 125 Å².